The third kappa shape index (κ3) is 3.13. The molecule has 24 heavy (non-hydrogen) atoms. The number of carbonyl (C=O) groups excluding carboxylic acids is 2. The van der Waals surface area contributed by atoms with Gasteiger partial charge in [-0.1, -0.05) is 13.8 Å². The van der Waals surface area contributed by atoms with Crippen molar-refractivity contribution in [3.05, 3.63) is 47.5 Å². The number of nitrogens with zero attached hydrogens (tertiary/aromatic N) is 3. The van der Waals surface area contributed by atoms with Gasteiger partial charge in [0.2, 0.25) is 5.91 Å². The fourth-order valence-electron chi connectivity index (χ4n) is 2.77. The molecule has 0 fully saturated rings. The molecule has 1 aliphatic heterocycles. The summed E-state index contributed by atoms with van der Waals surface area (Å²) in [6.45, 7) is 6.25. The van der Waals surface area contributed by atoms with Gasteiger partial charge in [0.15, 0.2) is 0 Å². The highest BCUT2D eigenvalue weighted by Crippen LogP contribution is 2.29. The number of benzene rings is 1. The van der Waals surface area contributed by atoms with E-state index in [0.717, 1.165) is 23.5 Å². The van der Waals surface area contributed by atoms with E-state index in [1.165, 1.54) is 0 Å². The quantitative estimate of drug-likeness (QED) is 0.942. The minimum absolute atomic E-state index is 0.0216. The molecule has 1 aromatic heterocycles. The number of rotatable bonds is 3. The summed E-state index contributed by atoms with van der Waals surface area (Å²) in [7, 11) is 0. The molecule has 1 aromatic carbocycles. The number of hydrogen-bond acceptors (Lipinski definition) is 4. The van der Waals surface area contributed by atoms with Crippen LogP contribution in [0.25, 0.3) is 0 Å². The molecular formula is C18H20N4O2. The van der Waals surface area contributed by atoms with Crippen LogP contribution in [0, 0.1) is 0 Å². The van der Waals surface area contributed by atoms with Crippen LogP contribution in [-0.2, 0) is 11.2 Å². The monoisotopic (exact) mass is 324 g/mol. The standard InChI is InChI=1S/C18H20N4O2/c1-11(2)17-19-9-15(10-20-17)21-18(24)14-4-5-16-13(8-14)6-7-22(16)12(3)23/h4-5,8-11H,6-7H2,1-3H3,(H,21,24). The molecule has 3 rings (SSSR count). The van der Waals surface area contributed by atoms with Crippen LogP contribution in [0.2, 0.25) is 0 Å². The molecule has 0 saturated heterocycles. The van der Waals surface area contributed by atoms with Gasteiger partial charge in [-0.3, -0.25) is 9.59 Å². The van der Waals surface area contributed by atoms with Crippen LogP contribution in [-0.4, -0.2) is 28.3 Å². The lowest BCUT2D eigenvalue weighted by Crippen LogP contribution is -2.25. The number of hydrogen-bond donors (Lipinski definition) is 1. The number of anilines is 2. The Bertz CT molecular complexity index is 784. The second-order valence-corrected chi connectivity index (χ2v) is 6.20. The van der Waals surface area contributed by atoms with Crippen molar-refractivity contribution >= 4 is 23.2 Å². The van der Waals surface area contributed by atoms with Crippen molar-refractivity contribution in [3.63, 3.8) is 0 Å². The Hall–Kier alpha value is -2.76. The van der Waals surface area contributed by atoms with Crippen LogP contribution in [0.3, 0.4) is 0 Å². The van der Waals surface area contributed by atoms with E-state index >= 15 is 0 Å². The highest BCUT2D eigenvalue weighted by Gasteiger charge is 2.23. The minimum atomic E-state index is -0.208. The van der Waals surface area contributed by atoms with Crippen LogP contribution < -0.4 is 10.2 Å². The fourth-order valence-corrected chi connectivity index (χ4v) is 2.77. The first-order valence-corrected chi connectivity index (χ1v) is 8.00. The van der Waals surface area contributed by atoms with Crippen LogP contribution in [0.5, 0.6) is 0 Å². The summed E-state index contributed by atoms with van der Waals surface area (Å²) in [5.41, 5.74) is 3.04. The maximum atomic E-state index is 12.4. The zero-order valence-electron chi connectivity index (χ0n) is 14.0. The number of fused-ring (bicyclic) bond motifs is 1. The predicted octanol–water partition coefficient (Wildman–Crippen LogP) is 2.76. The van der Waals surface area contributed by atoms with E-state index in [2.05, 4.69) is 15.3 Å². The number of aromatic nitrogens is 2. The first kappa shape index (κ1) is 16.1. The van der Waals surface area contributed by atoms with Crippen molar-refractivity contribution in [1.82, 2.24) is 9.97 Å². The SMILES string of the molecule is CC(=O)N1CCc2cc(C(=O)Nc3cnc(C(C)C)nc3)ccc21. The molecular weight excluding hydrogens is 304 g/mol. The zero-order chi connectivity index (χ0) is 17.3. The molecule has 6 nitrogen and oxygen atoms in total. The van der Waals surface area contributed by atoms with E-state index in [1.807, 2.05) is 26.0 Å². The smallest absolute Gasteiger partial charge is 0.255 e. The van der Waals surface area contributed by atoms with Crippen molar-refractivity contribution < 1.29 is 9.59 Å². The molecule has 2 heterocycles. The summed E-state index contributed by atoms with van der Waals surface area (Å²) in [5.74, 6) is 0.804. The van der Waals surface area contributed by atoms with E-state index in [4.69, 9.17) is 0 Å². The third-order valence-corrected chi connectivity index (χ3v) is 4.06. The van der Waals surface area contributed by atoms with Gasteiger partial charge >= 0.3 is 0 Å². The second kappa shape index (κ2) is 6.39. The van der Waals surface area contributed by atoms with E-state index in [1.54, 1.807) is 30.3 Å². The van der Waals surface area contributed by atoms with Crippen LogP contribution in [0.1, 0.15) is 48.4 Å². The largest absolute Gasteiger partial charge is 0.319 e. The minimum Gasteiger partial charge on any atom is -0.319 e. The average molecular weight is 324 g/mol. The molecule has 0 bridgehead atoms. The summed E-state index contributed by atoms with van der Waals surface area (Å²) in [6.07, 6.45) is 4.00. The van der Waals surface area contributed by atoms with Gasteiger partial charge in [-0.25, -0.2) is 9.97 Å². The summed E-state index contributed by atoms with van der Waals surface area (Å²) < 4.78 is 0. The Morgan fingerprint density at radius 2 is 1.92 bits per heavy atom. The Morgan fingerprint density at radius 3 is 2.54 bits per heavy atom. The lowest BCUT2D eigenvalue weighted by atomic mass is 10.1. The van der Waals surface area contributed by atoms with Crippen molar-refractivity contribution in [3.8, 4) is 0 Å². The molecule has 0 aliphatic carbocycles. The van der Waals surface area contributed by atoms with E-state index in [-0.39, 0.29) is 17.7 Å². The first-order valence-electron chi connectivity index (χ1n) is 8.00. The van der Waals surface area contributed by atoms with Crippen molar-refractivity contribution in [2.75, 3.05) is 16.8 Å². The van der Waals surface area contributed by atoms with Gasteiger partial charge in [0.1, 0.15) is 5.82 Å². The molecule has 0 spiro atoms. The van der Waals surface area contributed by atoms with Gasteiger partial charge in [0, 0.05) is 30.6 Å². The van der Waals surface area contributed by atoms with Gasteiger partial charge in [0.05, 0.1) is 18.1 Å². The second-order valence-electron chi connectivity index (χ2n) is 6.20. The highest BCUT2D eigenvalue weighted by molar-refractivity contribution is 6.05. The lowest BCUT2D eigenvalue weighted by Gasteiger charge is -2.14. The van der Waals surface area contributed by atoms with Gasteiger partial charge in [-0.15, -0.1) is 0 Å². The fraction of sp³-hybridized carbons (Fsp3) is 0.333. The van der Waals surface area contributed by atoms with Crippen molar-refractivity contribution in [2.24, 2.45) is 0 Å². The van der Waals surface area contributed by atoms with E-state index in [0.29, 0.717) is 17.8 Å². The molecule has 0 radical (unpaired) electrons. The van der Waals surface area contributed by atoms with Crippen molar-refractivity contribution in [2.45, 2.75) is 33.1 Å². The van der Waals surface area contributed by atoms with Crippen LogP contribution in [0.4, 0.5) is 11.4 Å². The van der Waals surface area contributed by atoms with Gasteiger partial charge in [0.25, 0.3) is 5.91 Å². The number of nitrogens with one attached hydrogen (secondary N) is 1. The van der Waals surface area contributed by atoms with E-state index in [9.17, 15) is 9.59 Å². The predicted molar refractivity (Wildman–Crippen MR) is 92.2 cm³/mol. The molecule has 6 heteroatoms. The Balaban J connectivity index is 1.75. The molecule has 0 atom stereocenters. The topological polar surface area (TPSA) is 75.2 Å². The maximum absolute atomic E-state index is 12.4. The summed E-state index contributed by atoms with van der Waals surface area (Å²) >= 11 is 0. The molecule has 0 saturated carbocycles. The number of amides is 2. The Labute approximate surface area is 140 Å². The average Bonchev–Trinajstić information content (AvgIpc) is 2.98. The van der Waals surface area contributed by atoms with Gasteiger partial charge in [-0.05, 0) is 30.2 Å². The van der Waals surface area contributed by atoms with Gasteiger partial charge < -0.3 is 10.2 Å². The number of carbonyl (C=O) groups is 2. The molecule has 1 N–H and O–H groups in total. The third-order valence-electron chi connectivity index (χ3n) is 4.06. The van der Waals surface area contributed by atoms with E-state index < -0.39 is 0 Å². The molecule has 0 unspecified atom stereocenters. The molecule has 2 amide bonds. The van der Waals surface area contributed by atoms with Crippen LogP contribution >= 0.6 is 0 Å². The summed E-state index contributed by atoms with van der Waals surface area (Å²) in [5, 5.41) is 2.81. The van der Waals surface area contributed by atoms with Crippen LogP contribution in [0.15, 0.2) is 30.6 Å². The Morgan fingerprint density at radius 1 is 1.21 bits per heavy atom. The normalized spacial score (nSPS) is 13.1. The Kier molecular flexibility index (Phi) is 4.29. The first-order chi connectivity index (χ1) is 11.5. The molecule has 2 aromatic rings. The summed E-state index contributed by atoms with van der Waals surface area (Å²) in [4.78, 5) is 34.2. The zero-order valence-corrected chi connectivity index (χ0v) is 14.0. The highest BCUT2D eigenvalue weighted by atomic mass is 16.2. The summed E-state index contributed by atoms with van der Waals surface area (Å²) in [6, 6.07) is 5.41. The molecule has 1 aliphatic rings. The lowest BCUT2D eigenvalue weighted by molar-refractivity contribution is -0.116. The molecule has 124 valence electrons. The van der Waals surface area contributed by atoms with Crippen molar-refractivity contribution in [1.29, 1.82) is 0 Å². The van der Waals surface area contributed by atoms with Gasteiger partial charge in [-0.2, -0.15) is 0 Å². The maximum Gasteiger partial charge on any atom is 0.255 e.